The first kappa shape index (κ1) is 21.3. The summed E-state index contributed by atoms with van der Waals surface area (Å²) in [5, 5.41) is 6.59. The second-order valence-electron chi connectivity index (χ2n) is 6.27. The lowest BCUT2D eigenvalue weighted by Crippen LogP contribution is -2.37. The summed E-state index contributed by atoms with van der Waals surface area (Å²) < 4.78 is 11.0. The lowest BCUT2D eigenvalue weighted by Gasteiger charge is -2.24. The number of esters is 1. The zero-order chi connectivity index (χ0) is 19.9. The van der Waals surface area contributed by atoms with Gasteiger partial charge in [-0.3, -0.25) is 9.80 Å². The summed E-state index contributed by atoms with van der Waals surface area (Å²) in [4.78, 5) is 37.3. The average Bonchev–Trinajstić information content (AvgIpc) is 2.57. The van der Waals surface area contributed by atoms with E-state index in [9.17, 15) is 14.6 Å². The molecule has 1 atom stereocenters. The van der Waals surface area contributed by atoms with E-state index in [1.807, 2.05) is 13.8 Å². The maximum atomic E-state index is 11.2. The van der Waals surface area contributed by atoms with Crippen molar-refractivity contribution >= 4 is 5.97 Å². The van der Waals surface area contributed by atoms with Gasteiger partial charge in [0.2, 0.25) is 0 Å². The van der Waals surface area contributed by atoms with E-state index in [-0.39, 0.29) is 19.2 Å². The van der Waals surface area contributed by atoms with Gasteiger partial charge in [-0.15, -0.1) is 9.81 Å². The van der Waals surface area contributed by atoms with Gasteiger partial charge in [-0.1, -0.05) is 0 Å². The first-order chi connectivity index (χ1) is 12.2. The lowest BCUT2D eigenvalue weighted by molar-refractivity contribution is -0.131. The molecule has 0 radical (unpaired) electrons. The van der Waals surface area contributed by atoms with E-state index in [1.165, 1.54) is 11.9 Å². The van der Waals surface area contributed by atoms with E-state index in [0.717, 1.165) is 16.7 Å². The number of hydrogen-bond donors (Lipinski definition) is 0. The van der Waals surface area contributed by atoms with Crippen molar-refractivity contribution in [3.8, 4) is 11.5 Å². The average molecular weight is 367 g/mol. The highest BCUT2D eigenvalue weighted by Crippen LogP contribution is 2.33. The van der Waals surface area contributed by atoms with E-state index in [4.69, 9.17) is 14.3 Å². The van der Waals surface area contributed by atoms with Gasteiger partial charge in [0, 0.05) is 13.0 Å². The predicted octanol–water partition coefficient (Wildman–Crippen LogP) is 3.37. The van der Waals surface area contributed by atoms with Gasteiger partial charge < -0.3 is 14.3 Å². The minimum Gasteiger partial charge on any atom is -0.489 e. The first-order valence-electron chi connectivity index (χ1n) is 8.21. The molecule has 0 N–H and O–H groups in total. The summed E-state index contributed by atoms with van der Waals surface area (Å²) in [6, 6.07) is 1.59. The molecule has 144 valence electrons. The number of carbonyl (C=O) groups excluding carboxylic acids is 1. The highest BCUT2D eigenvalue weighted by molar-refractivity contribution is 5.71. The Labute approximate surface area is 152 Å². The summed E-state index contributed by atoms with van der Waals surface area (Å²) in [6.45, 7) is 10.4. The van der Waals surface area contributed by atoms with Gasteiger partial charge in [-0.2, -0.15) is 0 Å². The van der Waals surface area contributed by atoms with Gasteiger partial charge in [-0.25, -0.2) is 0 Å². The Bertz CT molecular complexity index is 662. The van der Waals surface area contributed by atoms with E-state index in [0.29, 0.717) is 11.5 Å². The van der Waals surface area contributed by atoms with E-state index in [1.54, 1.807) is 26.8 Å². The first-order valence-corrected chi connectivity index (χ1v) is 8.21. The van der Waals surface area contributed by atoms with Crippen LogP contribution in [0.2, 0.25) is 0 Å². The molecule has 9 heteroatoms. The van der Waals surface area contributed by atoms with Crippen molar-refractivity contribution in [3.63, 3.8) is 0 Å². The molecule has 0 aliphatic carbocycles. The van der Waals surface area contributed by atoms with Crippen LogP contribution in [-0.2, 0) is 9.63 Å². The lowest BCUT2D eigenvalue weighted by atomic mass is 10.0. The Hall–Kier alpha value is -2.71. The number of benzene rings is 1. The predicted molar refractivity (Wildman–Crippen MR) is 95.8 cm³/mol. The molecular weight excluding hydrogens is 342 g/mol. The number of ether oxygens (including phenoxy) is 2. The Balaban J connectivity index is 2.94. The molecule has 0 spiro atoms. The summed E-state index contributed by atoms with van der Waals surface area (Å²) in [5.74, 6) is 0.663. The monoisotopic (exact) mass is 367 g/mol. The molecule has 1 aromatic rings. The van der Waals surface area contributed by atoms with Crippen LogP contribution < -0.4 is 9.47 Å². The molecule has 0 saturated heterocycles. The number of carbonyl (C=O) groups is 1. The molecule has 0 aliphatic heterocycles. The van der Waals surface area contributed by atoms with E-state index < -0.39 is 12.1 Å². The van der Waals surface area contributed by atoms with Crippen LogP contribution in [0.5, 0.6) is 11.5 Å². The summed E-state index contributed by atoms with van der Waals surface area (Å²) in [6.07, 6.45) is -0.763. The standard InChI is InChI=1S/C17H25N3O6/c1-10(2)20(18-22)8-15(26-19-23)9-24-16-7-11(3)17(25-14(6)21)13(5)12(16)4/h7,10,15H,8-9H2,1-6H3. The number of nitroso groups, excluding NO2 is 1. The highest BCUT2D eigenvalue weighted by atomic mass is 16.7. The van der Waals surface area contributed by atoms with Gasteiger partial charge in [0.15, 0.2) is 11.4 Å². The molecule has 0 fully saturated rings. The van der Waals surface area contributed by atoms with E-state index in [2.05, 4.69) is 10.6 Å². The van der Waals surface area contributed by atoms with E-state index >= 15 is 0 Å². The van der Waals surface area contributed by atoms with Gasteiger partial charge in [0.1, 0.15) is 18.1 Å². The molecule has 9 nitrogen and oxygen atoms in total. The van der Waals surface area contributed by atoms with Crippen molar-refractivity contribution in [2.24, 2.45) is 10.6 Å². The Morgan fingerprint density at radius 3 is 2.35 bits per heavy atom. The second kappa shape index (κ2) is 9.69. The molecule has 0 heterocycles. The third kappa shape index (κ3) is 5.68. The zero-order valence-corrected chi connectivity index (χ0v) is 15.9. The van der Waals surface area contributed by atoms with Crippen LogP contribution in [0.1, 0.15) is 37.5 Å². The summed E-state index contributed by atoms with van der Waals surface area (Å²) >= 11 is 0. The molecule has 0 saturated carbocycles. The number of hydrogen-bond acceptors (Lipinski definition) is 8. The fourth-order valence-electron chi connectivity index (χ4n) is 2.38. The molecule has 1 unspecified atom stereocenters. The van der Waals surface area contributed by atoms with Crippen LogP contribution in [0.3, 0.4) is 0 Å². The molecule has 26 heavy (non-hydrogen) atoms. The van der Waals surface area contributed by atoms with Crippen LogP contribution in [0, 0.1) is 30.6 Å². The maximum Gasteiger partial charge on any atom is 0.308 e. The van der Waals surface area contributed by atoms with Crippen LogP contribution in [-0.4, -0.2) is 36.3 Å². The van der Waals surface area contributed by atoms with Crippen LogP contribution in [0.4, 0.5) is 0 Å². The molecule has 0 bridgehead atoms. The third-order valence-electron chi connectivity index (χ3n) is 3.93. The van der Waals surface area contributed by atoms with Crippen molar-refractivity contribution < 1.29 is 19.1 Å². The van der Waals surface area contributed by atoms with Crippen molar-refractivity contribution in [2.45, 2.75) is 53.7 Å². The van der Waals surface area contributed by atoms with Gasteiger partial charge in [-0.05, 0) is 57.4 Å². The van der Waals surface area contributed by atoms with Gasteiger partial charge in [0.25, 0.3) is 0 Å². The van der Waals surface area contributed by atoms with Crippen LogP contribution in [0.15, 0.2) is 16.7 Å². The minimum atomic E-state index is -0.763. The fraction of sp³-hybridized carbons (Fsp3) is 0.588. The summed E-state index contributed by atoms with van der Waals surface area (Å²) in [7, 11) is 0. The third-order valence-corrected chi connectivity index (χ3v) is 3.93. The van der Waals surface area contributed by atoms with Gasteiger partial charge >= 0.3 is 5.97 Å². The quantitative estimate of drug-likeness (QED) is 0.270. The molecule has 0 aliphatic rings. The fourth-order valence-corrected chi connectivity index (χ4v) is 2.38. The smallest absolute Gasteiger partial charge is 0.308 e. The van der Waals surface area contributed by atoms with Crippen LogP contribution >= 0.6 is 0 Å². The van der Waals surface area contributed by atoms with Gasteiger partial charge in [0.05, 0.1) is 11.8 Å². The van der Waals surface area contributed by atoms with Crippen molar-refractivity contribution in [3.05, 3.63) is 32.6 Å². The van der Waals surface area contributed by atoms with Crippen molar-refractivity contribution in [2.75, 3.05) is 13.2 Å². The topological polar surface area (TPSA) is 107 Å². The van der Waals surface area contributed by atoms with Crippen molar-refractivity contribution in [1.82, 2.24) is 5.01 Å². The Morgan fingerprint density at radius 2 is 1.85 bits per heavy atom. The molecule has 0 aromatic heterocycles. The number of nitrogens with zero attached hydrogens (tertiary/aromatic N) is 3. The zero-order valence-electron chi connectivity index (χ0n) is 15.9. The Morgan fingerprint density at radius 1 is 1.19 bits per heavy atom. The number of aryl methyl sites for hydroxylation is 1. The highest BCUT2D eigenvalue weighted by Gasteiger charge is 2.21. The summed E-state index contributed by atoms with van der Waals surface area (Å²) in [5.41, 5.74) is 2.31. The second-order valence-corrected chi connectivity index (χ2v) is 6.27. The molecule has 1 rings (SSSR count). The molecule has 1 aromatic carbocycles. The maximum absolute atomic E-state index is 11.2. The largest absolute Gasteiger partial charge is 0.489 e. The molecular formula is C17H25N3O6. The SMILES string of the molecule is CC(=O)Oc1c(C)cc(OCC(CN(N=O)C(C)C)ON=O)c(C)c1C. The van der Waals surface area contributed by atoms with Crippen molar-refractivity contribution in [1.29, 1.82) is 0 Å². The molecule has 0 amide bonds. The normalized spacial score (nSPS) is 11.7. The van der Waals surface area contributed by atoms with Crippen LogP contribution in [0.25, 0.3) is 0 Å². The minimum absolute atomic E-state index is 0.00286. The Kier molecular flexibility index (Phi) is 7.95. The number of rotatable bonds is 10.